The molecule has 0 fully saturated rings. The number of nitrogens with zero attached hydrogens (tertiary/aromatic N) is 2. The highest BCUT2D eigenvalue weighted by Crippen LogP contribution is 2.58. The van der Waals surface area contributed by atoms with E-state index in [2.05, 4.69) is 320 Å². The molecule has 0 unspecified atom stereocenters. The van der Waals surface area contributed by atoms with Crippen LogP contribution in [0.15, 0.2) is 259 Å². The van der Waals surface area contributed by atoms with Crippen LogP contribution < -0.4 is 9.80 Å². The first kappa shape index (κ1) is 51.4. The lowest BCUT2D eigenvalue weighted by Gasteiger charge is -2.33. The Labute approximate surface area is 488 Å². The van der Waals surface area contributed by atoms with Gasteiger partial charge in [-0.2, -0.15) is 0 Å². The second-order valence-corrected chi connectivity index (χ2v) is 24.6. The SMILES string of the molecule is Cc1ccc(N(c2ccc(C(C)(C)C)cc2)c2cc3oc4ccccc4c3c3c2-c2ccccc2-c2ccccc2-c2cc4c(N(c5ccc(C(C)(C)C)cc5)c5ccc(C)c(-c6ccccc6)c5)cccc4cc2-3)cc1-c1ccccc1. The highest BCUT2D eigenvalue weighted by atomic mass is 16.3. The van der Waals surface area contributed by atoms with E-state index in [9.17, 15) is 0 Å². The van der Waals surface area contributed by atoms with Crippen LogP contribution in [-0.2, 0) is 10.8 Å². The molecule has 0 saturated heterocycles. The molecule has 14 rings (SSSR count). The summed E-state index contributed by atoms with van der Waals surface area (Å²) < 4.78 is 7.18. The lowest BCUT2D eigenvalue weighted by atomic mass is 9.78. The summed E-state index contributed by atoms with van der Waals surface area (Å²) in [6.07, 6.45) is 0. The minimum atomic E-state index is -0.0337. The molecule has 1 heterocycles. The van der Waals surface area contributed by atoms with Crippen molar-refractivity contribution in [3.05, 3.63) is 277 Å². The molecule has 402 valence electrons. The van der Waals surface area contributed by atoms with Gasteiger partial charge in [0, 0.05) is 56.1 Å². The summed E-state index contributed by atoms with van der Waals surface area (Å²) in [5.74, 6) is 0. The molecule has 1 aliphatic rings. The number of hydrogen-bond donors (Lipinski definition) is 0. The molecule has 0 bridgehead atoms. The van der Waals surface area contributed by atoms with Gasteiger partial charge in [0.25, 0.3) is 0 Å². The summed E-state index contributed by atoms with van der Waals surface area (Å²) in [5, 5.41) is 4.46. The van der Waals surface area contributed by atoms with Crippen LogP contribution in [0.3, 0.4) is 0 Å². The molecule has 0 aliphatic heterocycles. The first-order valence-corrected chi connectivity index (χ1v) is 29.1. The zero-order valence-electron chi connectivity index (χ0n) is 48.6. The van der Waals surface area contributed by atoms with Gasteiger partial charge < -0.3 is 14.2 Å². The van der Waals surface area contributed by atoms with E-state index < -0.39 is 0 Å². The molecule has 0 atom stereocenters. The van der Waals surface area contributed by atoms with Crippen LogP contribution in [0.5, 0.6) is 0 Å². The smallest absolute Gasteiger partial charge is 0.138 e. The molecular formula is C80H66N2O. The third-order valence-corrected chi connectivity index (χ3v) is 17.2. The lowest BCUT2D eigenvalue weighted by molar-refractivity contribution is 0.590. The second-order valence-electron chi connectivity index (χ2n) is 24.6. The molecule has 0 saturated carbocycles. The number of benzene rings is 12. The topological polar surface area (TPSA) is 19.6 Å². The van der Waals surface area contributed by atoms with Crippen molar-refractivity contribution in [2.24, 2.45) is 0 Å². The van der Waals surface area contributed by atoms with Crippen molar-refractivity contribution in [2.45, 2.75) is 66.2 Å². The van der Waals surface area contributed by atoms with E-state index in [0.29, 0.717) is 0 Å². The zero-order valence-corrected chi connectivity index (χ0v) is 48.6. The first-order chi connectivity index (χ1) is 40.3. The molecular weight excluding hydrogens is 1000 g/mol. The third kappa shape index (κ3) is 9.00. The van der Waals surface area contributed by atoms with Crippen molar-refractivity contribution >= 4 is 66.8 Å². The number of furan rings is 1. The first-order valence-electron chi connectivity index (χ1n) is 29.1. The van der Waals surface area contributed by atoms with E-state index in [1.807, 2.05) is 0 Å². The Morgan fingerprint density at radius 2 is 0.771 bits per heavy atom. The molecule has 13 aromatic rings. The Kier molecular flexibility index (Phi) is 12.4. The van der Waals surface area contributed by atoms with Gasteiger partial charge in [-0.05, 0) is 181 Å². The maximum atomic E-state index is 7.18. The fourth-order valence-corrected chi connectivity index (χ4v) is 12.8. The van der Waals surface area contributed by atoms with Crippen LogP contribution in [0.2, 0.25) is 0 Å². The standard InChI is InChI=1S/C80H66N2O/c1-51-34-40-60(47-67(51)53-22-11-9-12-23-53)81(58-42-36-56(37-43-58)79(3,4)5)72-32-21-26-55-46-71-70(49-69(55)72)64-29-16-15-27-62(64)63-28-17-18-30-65(63)76-73(50-75-77(78(71)76)66-31-19-20-33-74(66)83-75)82(59-44-38-57(39-45-59)80(6,7)8)61-41-35-52(2)68(48-61)54-24-13-10-14-25-54/h9-50H,1-8H3. The van der Waals surface area contributed by atoms with Gasteiger partial charge in [0.2, 0.25) is 0 Å². The second kappa shape index (κ2) is 20.1. The predicted molar refractivity (Wildman–Crippen MR) is 354 cm³/mol. The van der Waals surface area contributed by atoms with E-state index in [1.54, 1.807) is 0 Å². The number of anilines is 6. The highest BCUT2D eigenvalue weighted by Gasteiger charge is 2.32. The van der Waals surface area contributed by atoms with E-state index in [4.69, 9.17) is 4.42 Å². The van der Waals surface area contributed by atoms with E-state index >= 15 is 0 Å². The highest BCUT2D eigenvalue weighted by molar-refractivity contribution is 6.23. The average Bonchev–Trinajstić information content (AvgIpc) is 2.46. The van der Waals surface area contributed by atoms with E-state index in [1.165, 1.54) is 61.2 Å². The van der Waals surface area contributed by atoms with Gasteiger partial charge in [0.15, 0.2) is 0 Å². The fourth-order valence-electron chi connectivity index (χ4n) is 12.8. The summed E-state index contributed by atoms with van der Waals surface area (Å²) in [5.41, 5.74) is 27.1. The summed E-state index contributed by atoms with van der Waals surface area (Å²) >= 11 is 0. The molecule has 0 spiro atoms. The van der Waals surface area contributed by atoms with Crippen molar-refractivity contribution in [3.63, 3.8) is 0 Å². The quantitative estimate of drug-likeness (QED) is 0.151. The van der Waals surface area contributed by atoms with Crippen LogP contribution in [0, 0.1) is 13.8 Å². The summed E-state index contributed by atoms with van der Waals surface area (Å²) in [6, 6.07) is 94.8. The van der Waals surface area contributed by atoms with Gasteiger partial charge in [-0.25, -0.2) is 0 Å². The largest absolute Gasteiger partial charge is 0.456 e. The Hall–Kier alpha value is -9.70. The van der Waals surface area contributed by atoms with Gasteiger partial charge in [0.05, 0.1) is 11.4 Å². The summed E-state index contributed by atoms with van der Waals surface area (Å²) in [4.78, 5) is 4.96. The van der Waals surface area contributed by atoms with E-state index in [0.717, 1.165) is 94.7 Å². The minimum Gasteiger partial charge on any atom is -0.456 e. The number of aryl methyl sites for hydroxylation is 2. The Bertz CT molecular complexity index is 4630. The average molecular weight is 1070 g/mol. The molecule has 12 aromatic carbocycles. The van der Waals surface area contributed by atoms with Gasteiger partial charge >= 0.3 is 0 Å². The Balaban J connectivity index is 1.10. The van der Waals surface area contributed by atoms with Crippen molar-refractivity contribution in [1.29, 1.82) is 0 Å². The predicted octanol–water partition coefficient (Wildman–Crippen LogP) is 23.2. The van der Waals surface area contributed by atoms with Crippen LogP contribution in [0.25, 0.3) is 99.5 Å². The monoisotopic (exact) mass is 1070 g/mol. The molecule has 1 aliphatic carbocycles. The molecule has 0 N–H and O–H groups in total. The van der Waals surface area contributed by atoms with Crippen molar-refractivity contribution < 1.29 is 4.42 Å². The van der Waals surface area contributed by atoms with Crippen molar-refractivity contribution in [1.82, 2.24) is 0 Å². The third-order valence-electron chi connectivity index (χ3n) is 17.2. The summed E-state index contributed by atoms with van der Waals surface area (Å²) in [6.45, 7) is 18.2. The zero-order chi connectivity index (χ0) is 56.7. The molecule has 0 amide bonds. The molecule has 3 nitrogen and oxygen atoms in total. The normalized spacial score (nSPS) is 12.1. The molecule has 0 radical (unpaired) electrons. The van der Waals surface area contributed by atoms with Crippen LogP contribution in [-0.4, -0.2) is 0 Å². The molecule has 83 heavy (non-hydrogen) atoms. The van der Waals surface area contributed by atoms with Gasteiger partial charge in [0.1, 0.15) is 11.2 Å². The van der Waals surface area contributed by atoms with Gasteiger partial charge in [-0.3, -0.25) is 0 Å². The maximum absolute atomic E-state index is 7.18. The number of hydrogen-bond acceptors (Lipinski definition) is 3. The number of para-hydroxylation sites is 1. The van der Waals surface area contributed by atoms with Crippen molar-refractivity contribution in [3.8, 4) is 66.8 Å². The minimum absolute atomic E-state index is 0.00349. The summed E-state index contributed by atoms with van der Waals surface area (Å²) in [7, 11) is 0. The van der Waals surface area contributed by atoms with Crippen LogP contribution >= 0.6 is 0 Å². The number of fused-ring (bicyclic) bond motifs is 13. The van der Waals surface area contributed by atoms with Crippen molar-refractivity contribution in [2.75, 3.05) is 9.80 Å². The Morgan fingerprint density at radius 3 is 1.33 bits per heavy atom. The van der Waals surface area contributed by atoms with E-state index in [-0.39, 0.29) is 10.8 Å². The Morgan fingerprint density at radius 1 is 0.301 bits per heavy atom. The van der Waals surface area contributed by atoms with Gasteiger partial charge in [-0.1, -0.05) is 217 Å². The lowest BCUT2D eigenvalue weighted by Crippen LogP contribution is -2.15. The van der Waals surface area contributed by atoms with Gasteiger partial charge in [-0.15, -0.1) is 0 Å². The maximum Gasteiger partial charge on any atom is 0.138 e. The number of rotatable bonds is 8. The molecule has 3 heteroatoms. The van der Waals surface area contributed by atoms with Crippen LogP contribution in [0.1, 0.15) is 63.8 Å². The molecule has 1 aromatic heterocycles. The fraction of sp³-hybridized carbons (Fsp3) is 0.125. The van der Waals surface area contributed by atoms with Crippen LogP contribution in [0.4, 0.5) is 34.1 Å².